The summed E-state index contributed by atoms with van der Waals surface area (Å²) in [5.74, 6) is 1.71. The van der Waals surface area contributed by atoms with Gasteiger partial charge in [-0.05, 0) is 62.9 Å². The predicted molar refractivity (Wildman–Crippen MR) is 122 cm³/mol. The third kappa shape index (κ3) is 4.26. The minimum atomic E-state index is -0.877. The number of carboxylic acid groups (broad SMARTS) is 1. The van der Waals surface area contributed by atoms with Gasteiger partial charge in [0.25, 0.3) is 0 Å². The van der Waals surface area contributed by atoms with Gasteiger partial charge in [-0.25, -0.2) is 14.8 Å². The second-order valence-corrected chi connectivity index (χ2v) is 8.54. The van der Waals surface area contributed by atoms with E-state index in [1.165, 1.54) is 4.90 Å². The minimum Gasteiger partial charge on any atom is -0.507 e. The third-order valence-electron chi connectivity index (χ3n) is 5.89. The molecule has 0 saturated carbocycles. The molecule has 1 aromatic heterocycles. The van der Waals surface area contributed by atoms with Crippen LogP contribution in [0.4, 0.5) is 10.6 Å². The maximum absolute atomic E-state index is 11.6. The monoisotopic (exact) mass is 420 g/mol. The average Bonchev–Trinajstić information content (AvgIpc) is 3.19. The lowest BCUT2D eigenvalue weighted by Crippen LogP contribution is -2.40. The van der Waals surface area contributed by atoms with Crippen molar-refractivity contribution < 1.29 is 15.0 Å². The molecule has 0 aliphatic carbocycles. The molecule has 7 nitrogen and oxygen atoms in total. The van der Waals surface area contributed by atoms with Gasteiger partial charge in [-0.2, -0.15) is 0 Å². The lowest BCUT2D eigenvalue weighted by atomic mass is 10.1. The fraction of sp³-hybridized carbons (Fsp3) is 0.375. The highest BCUT2D eigenvalue weighted by atomic mass is 16.4. The van der Waals surface area contributed by atoms with Crippen molar-refractivity contribution in [3.63, 3.8) is 0 Å². The average molecular weight is 421 g/mol. The number of fused-ring (bicyclic) bond motifs is 1. The number of anilines is 1. The number of aryl methyl sites for hydroxylation is 1. The van der Waals surface area contributed by atoms with E-state index < -0.39 is 6.09 Å². The van der Waals surface area contributed by atoms with Crippen molar-refractivity contribution >= 4 is 22.8 Å². The van der Waals surface area contributed by atoms with E-state index in [9.17, 15) is 15.0 Å². The minimum absolute atomic E-state index is 0.0536. The Labute approximate surface area is 182 Å². The van der Waals surface area contributed by atoms with Gasteiger partial charge in [0.1, 0.15) is 11.6 Å². The molecule has 162 valence electrons. The summed E-state index contributed by atoms with van der Waals surface area (Å²) >= 11 is 0. The second-order valence-electron chi connectivity index (χ2n) is 8.54. The number of amides is 1. The zero-order chi connectivity index (χ0) is 22.1. The van der Waals surface area contributed by atoms with Crippen LogP contribution in [-0.4, -0.2) is 56.9 Å². The van der Waals surface area contributed by atoms with Crippen LogP contribution in [0.15, 0.2) is 42.5 Å². The number of benzene rings is 2. The maximum Gasteiger partial charge on any atom is 0.407 e. The molecule has 2 N–H and O–H groups in total. The van der Waals surface area contributed by atoms with Gasteiger partial charge in [0.05, 0.1) is 11.1 Å². The zero-order valence-electron chi connectivity index (χ0n) is 18.1. The molecule has 0 bridgehead atoms. The maximum atomic E-state index is 11.6. The van der Waals surface area contributed by atoms with E-state index in [1.807, 2.05) is 51.1 Å². The van der Waals surface area contributed by atoms with Gasteiger partial charge in [-0.3, -0.25) is 0 Å². The normalized spacial score (nSPS) is 16.3. The molecule has 2 aromatic carbocycles. The van der Waals surface area contributed by atoms with Crippen LogP contribution in [0.2, 0.25) is 0 Å². The Morgan fingerprint density at radius 1 is 1.23 bits per heavy atom. The Kier molecular flexibility index (Phi) is 5.67. The summed E-state index contributed by atoms with van der Waals surface area (Å²) in [6.45, 7) is 7.88. The highest BCUT2D eigenvalue weighted by Crippen LogP contribution is 2.34. The van der Waals surface area contributed by atoms with Crippen LogP contribution in [-0.2, 0) is 0 Å². The summed E-state index contributed by atoms with van der Waals surface area (Å²) in [7, 11) is 0. The molecule has 1 aliphatic rings. The van der Waals surface area contributed by atoms with Gasteiger partial charge in [0, 0.05) is 31.1 Å². The predicted octanol–water partition coefficient (Wildman–Crippen LogP) is 4.53. The summed E-state index contributed by atoms with van der Waals surface area (Å²) in [5.41, 5.74) is 2.54. The molecule has 1 aliphatic heterocycles. The molecule has 2 heterocycles. The smallest absolute Gasteiger partial charge is 0.407 e. The Hall–Kier alpha value is -3.35. The van der Waals surface area contributed by atoms with E-state index in [0.717, 1.165) is 41.8 Å². The summed E-state index contributed by atoms with van der Waals surface area (Å²) in [4.78, 5) is 24.9. The quantitative estimate of drug-likeness (QED) is 0.631. The number of hydrogen-bond donors (Lipinski definition) is 2. The number of hydrogen-bond acceptors (Lipinski definition) is 5. The fourth-order valence-electron chi connectivity index (χ4n) is 4.21. The van der Waals surface area contributed by atoms with E-state index in [-0.39, 0.29) is 17.7 Å². The van der Waals surface area contributed by atoms with Gasteiger partial charge < -0.3 is 20.0 Å². The summed E-state index contributed by atoms with van der Waals surface area (Å²) < 4.78 is 0. The van der Waals surface area contributed by atoms with E-state index in [2.05, 4.69) is 4.90 Å². The van der Waals surface area contributed by atoms with E-state index in [1.54, 1.807) is 12.1 Å². The topological polar surface area (TPSA) is 89.8 Å². The van der Waals surface area contributed by atoms with Gasteiger partial charge in [0.2, 0.25) is 0 Å². The Balaban J connectivity index is 1.70. The number of phenolic OH excluding ortho intramolecular Hbond substituents is 1. The van der Waals surface area contributed by atoms with Crippen molar-refractivity contribution in [3.8, 4) is 17.1 Å². The Morgan fingerprint density at radius 2 is 2.00 bits per heavy atom. The molecular formula is C24H28N4O3. The standard InChI is InChI=1S/C24H28N4O3/c1-15(2)28(24(30)31)14-17-10-11-27(13-17)23-18-9-8-16(3)12-20(18)25-22(26-23)19-6-4-5-7-21(19)29/h4-9,12,15,17,29H,10-11,13-14H2,1-3H3,(H,30,31)/t17-/m0/s1. The van der Waals surface area contributed by atoms with Crippen LogP contribution < -0.4 is 4.90 Å². The van der Waals surface area contributed by atoms with Crippen molar-refractivity contribution in [3.05, 3.63) is 48.0 Å². The first-order valence-corrected chi connectivity index (χ1v) is 10.6. The highest BCUT2D eigenvalue weighted by molar-refractivity contribution is 5.92. The molecule has 1 fully saturated rings. The number of nitrogens with zero attached hydrogens (tertiary/aromatic N) is 4. The first kappa shape index (κ1) is 20.9. The second kappa shape index (κ2) is 8.41. The number of aromatic nitrogens is 2. The van der Waals surface area contributed by atoms with Crippen molar-refractivity contribution in [1.82, 2.24) is 14.9 Å². The van der Waals surface area contributed by atoms with E-state index in [4.69, 9.17) is 9.97 Å². The number of rotatable bonds is 5. The molecule has 4 rings (SSSR count). The van der Waals surface area contributed by atoms with Crippen LogP contribution in [0, 0.1) is 12.8 Å². The molecule has 1 amide bonds. The van der Waals surface area contributed by atoms with Crippen molar-refractivity contribution in [2.75, 3.05) is 24.5 Å². The van der Waals surface area contributed by atoms with Crippen LogP contribution in [0.1, 0.15) is 25.8 Å². The summed E-state index contributed by atoms with van der Waals surface area (Å²) in [6, 6.07) is 13.2. The highest BCUT2D eigenvalue weighted by Gasteiger charge is 2.29. The SMILES string of the molecule is Cc1ccc2c(N3CC[C@H](CN(C(=O)O)C(C)C)C3)nc(-c3ccccc3O)nc2c1. The molecule has 7 heteroatoms. The molecule has 0 radical (unpaired) electrons. The summed E-state index contributed by atoms with van der Waals surface area (Å²) in [6.07, 6.45) is 0.0259. The van der Waals surface area contributed by atoms with E-state index in [0.29, 0.717) is 17.9 Å². The molecule has 0 unspecified atom stereocenters. The van der Waals surface area contributed by atoms with Crippen LogP contribution >= 0.6 is 0 Å². The molecule has 1 saturated heterocycles. The van der Waals surface area contributed by atoms with Crippen LogP contribution in [0.3, 0.4) is 0 Å². The molecule has 1 atom stereocenters. The Morgan fingerprint density at radius 3 is 2.71 bits per heavy atom. The van der Waals surface area contributed by atoms with Crippen molar-refractivity contribution in [2.24, 2.45) is 5.92 Å². The summed E-state index contributed by atoms with van der Waals surface area (Å²) in [5, 5.41) is 20.8. The molecule has 0 spiro atoms. The van der Waals surface area contributed by atoms with Gasteiger partial charge in [0.15, 0.2) is 5.82 Å². The van der Waals surface area contributed by atoms with E-state index >= 15 is 0 Å². The first-order chi connectivity index (χ1) is 14.8. The number of aromatic hydroxyl groups is 1. The molecular weight excluding hydrogens is 392 g/mol. The fourth-order valence-corrected chi connectivity index (χ4v) is 4.21. The number of carbonyl (C=O) groups is 1. The van der Waals surface area contributed by atoms with Gasteiger partial charge in [-0.1, -0.05) is 18.2 Å². The third-order valence-corrected chi connectivity index (χ3v) is 5.89. The number of para-hydroxylation sites is 1. The van der Waals surface area contributed by atoms with Gasteiger partial charge >= 0.3 is 6.09 Å². The number of phenols is 1. The van der Waals surface area contributed by atoms with Crippen molar-refractivity contribution in [2.45, 2.75) is 33.2 Å². The largest absolute Gasteiger partial charge is 0.507 e. The Bertz CT molecular complexity index is 1120. The van der Waals surface area contributed by atoms with Gasteiger partial charge in [-0.15, -0.1) is 0 Å². The van der Waals surface area contributed by atoms with Crippen LogP contribution in [0.25, 0.3) is 22.3 Å². The molecule has 3 aromatic rings. The zero-order valence-corrected chi connectivity index (χ0v) is 18.1. The lowest BCUT2D eigenvalue weighted by molar-refractivity contribution is 0.124. The van der Waals surface area contributed by atoms with Crippen LogP contribution in [0.5, 0.6) is 5.75 Å². The van der Waals surface area contributed by atoms with Crippen molar-refractivity contribution in [1.29, 1.82) is 0 Å². The first-order valence-electron chi connectivity index (χ1n) is 10.6. The lowest BCUT2D eigenvalue weighted by Gasteiger charge is -2.27. The molecule has 31 heavy (non-hydrogen) atoms.